The van der Waals surface area contributed by atoms with Gasteiger partial charge in [-0.1, -0.05) is 60.1 Å². The van der Waals surface area contributed by atoms with Crippen LogP contribution in [0.15, 0.2) is 71.2 Å². The summed E-state index contributed by atoms with van der Waals surface area (Å²) in [6, 6.07) is 16.5. The Labute approximate surface area is 220 Å². The van der Waals surface area contributed by atoms with Gasteiger partial charge in [0, 0.05) is 33.6 Å². The first-order chi connectivity index (χ1) is 17.4. The predicted molar refractivity (Wildman–Crippen MR) is 142 cm³/mol. The zero-order chi connectivity index (χ0) is 25.9. The molecule has 0 spiro atoms. The van der Waals surface area contributed by atoms with Gasteiger partial charge in [0.25, 0.3) is 0 Å². The van der Waals surface area contributed by atoms with E-state index < -0.39 is 29.3 Å². The Morgan fingerprint density at radius 3 is 2.39 bits per heavy atom. The minimum absolute atomic E-state index is 0.189. The van der Waals surface area contributed by atoms with Crippen LogP contribution >= 0.6 is 22.9 Å². The van der Waals surface area contributed by atoms with Crippen LogP contribution in [0, 0.1) is 0 Å². The molecule has 2 aromatic carbocycles. The van der Waals surface area contributed by atoms with Gasteiger partial charge in [-0.15, -0.1) is 11.3 Å². The molecule has 1 N–H and O–H groups in total. The van der Waals surface area contributed by atoms with Crippen molar-refractivity contribution in [1.82, 2.24) is 10.3 Å². The van der Waals surface area contributed by atoms with E-state index in [0.29, 0.717) is 27.0 Å². The highest BCUT2D eigenvalue weighted by atomic mass is 35.5. The van der Waals surface area contributed by atoms with E-state index in [2.05, 4.69) is 5.32 Å². The minimum Gasteiger partial charge on any atom is -0.465 e. The van der Waals surface area contributed by atoms with Gasteiger partial charge in [0.05, 0.1) is 24.5 Å². The molecule has 188 valence electrons. The predicted octanol–water partition coefficient (Wildman–Crippen LogP) is 5.88. The Balaban J connectivity index is 2.02. The monoisotopic (exact) mass is 524 g/mol. The van der Waals surface area contributed by atoms with Crippen LogP contribution < -0.4 is 5.32 Å². The number of hydrogen-bond donors (Lipinski definition) is 1. The zero-order valence-corrected chi connectivity index (χ0v) is 22.3. The van der Waals surface area contributed by atoms with E-state index in [4.69, 9.17) is 26.1 Å². The number of aromatic nitrogens is 1. The van der Waals surface area contributed by atoms with Crippen LogP contribution in [0.3, 0.4) is 0 Å². The van der Waals surface area contributed by atoms with E-state index in [0.717, 1.165) is 11.1 Å². The second-order valence-corrected chi connectivity index (χ2v) is 9.84. The summed E-state index contributed by atoms with van der Waals surface area (Å²) in [6.45, 7) is 7.70. The fourth-order valence-corrected chi connectivity index (χ4v) is 6.32. The average Bonchev–Trinajstić information content (AvgIpc) is 3.35. The molecule has 4 rings (SSSR count). The van der Waals surface area contributed by atoms with E-state index in [1.165, 1.54) is 11.3 Å². The normalized spacial score (nSPS) is 21.6. The molecule has 0 radical (unpaired) electrons. The van der Waals surface area contributed by atoms with Crippen molar-refractivity contribution in [2.75, 3.05) is 13.2 Å². The lowest BCUT2D eigenvalue weighted by Gasteiger charge is -2.46. The van der Waals surface area contributed by atoms with Crippen molar-refractivity contribution in [3.05, 3.63) is 86.8 Å². The molecule has 3 aromatic rings. The van der Waals surface area contributed by atoms with E-state index in [1.807, 2.05) is 67.8 Å². The van der Waals surface area contributed by atoms with Crippen LogP contribution in [0.1, 0.15) is 44.2 Å². The third kappa shape index (κ3) is 4.42. The van der Waals surface area contributed by atoms with Gasteiger partial charge in [0.2, 0.25) is 0 Å². The number of carbonyl (C=O) groups is 2. The fourth-order valence-electron chi connectivity index (χ4n) is 4.96. The Kier molecular flexibility index (Phi) is 7.81. The molecule has 1 aliphatic heterocycles. The molecule has 1 aromatic heterocycles. The molecule has 6 nitrogen and oxygen atoms in total. The molecule has 2 heterocycles. The lowest BCUT2D eigenvalue weighted by Crippen LogP contribution is -2.60. The van der Waals surface area contributed by atoms with Crippen molar-refractivity contribution in [2.45, 2.75) is 45.1 Å². The van der Waals surface area contributed by atoms with Crippen molar-refractivity contribution >= 4 is 34.9 Å². The number of ether oxygens (including phenoxy) is 2. The molecular weight excluding hydrogens is 496 g/mol. The Bertz CT molecular complexity index is 1290. The number of thiazole rings is 1. The van der Waals surface area contributed by atoms with Gasteiger partial charge in [0.1, 0.15) is 5.01 Å². The van der Waals surface area contributed by atoms with E-state index in [1.54, 1.807) is 19.9 Å². The highest BCUT2D eigenvalue weighted by molar-refractivity contribution is 7.10. The summed E-state index contributed by atoms with van der Waals surface area (Å²) in [6.07, 6.45) is 0. The maximum Gasteiger partial charge on any atom is 0.336 e. The number of nitrogens with zero attached hydrogens (tertiary/aromatic N) is 1. The third-order valence-electron chi connectivity index (χ3n) is 6.51. The van der Waals surface area contributed by atoms with Crippen molar-refractivity contribution in [2.24, 2.45) is 0 Å². The lowest BCUT2D eigenvalue weighted by molar-refractivity contribution is -0.153. The van der Waals surface area contributed by atoms with Gasteiger partial charge in [-0.25, -0.2) is 9.78 Å². The van der Waals surface area contributed by atoms with Crippen LogP contribution in [0.25, 0.3) is 11.3 Å². The molecule has 8 heteroatoms. The molecule has 1 aliphatic rings. The Hall–Kier alpha value is -3.16. The number of allylic oxidation sites excluding steroid dienone is 1. The van der Waals surface area contributed by atoms with Crippen molar-refractivity contribution < 1.29 is 19.1 Å². The molecule has 0 saturated carbocycles. The average molecular weight is 525 g/mol. The van der Waals surface area contributed by atoms with Crippen LogP contribution in [0.5, 0.6) is 0 Å². The Morgan fingerprint density at radius 1 is 1.06 bits per heavy atom. The molecule has 36 heavy (non-hydrogen) atoms. The van der Waals surface area contributed by atoms with Gasteiger partial charge in [-0.05, 0) is 39.3 Å². The number of halogens is 1. The van der Waals surface area contributed by atoms with Crippen molar-refractivity contribution in [3.63, 3.8) is 0 Å². The summed E-state index contributed by atoms with van der Waals surface area (Å²) in [5.41, 5.74) is 1.96. The van der Waals surface area contributed by atoms with E-state index >= 15 is 0 Å². The number of carbonyl (C=O) groups excluding carboxylic acids is 2. The molecule has 3 unspecified atom stereocenters. The Morgan fingerprint density at radius 2 is 1.72 bits per heavy atom. The summed E-state index contributed by atoms with van der Waals surface area (Å²) < 4.78 is 11.2. The summed E-state index contributed by atoms with van der Waals surface area (Å²) >= 11 is 7.82. The fraction of sp³-hybridized carbons (Fsp3) is 0.321. The van der Waals surface area contributed by atoms with Gasteiger partial charge in [-0.2, -0.15) is 0 Å². The minimum atomic E-state index is -1.33. The first kappa shape index (κ1) is 25.9. The van der Waals surface area contributed by atoms with Crippen LogP contribution in [-0.2, 0) is 24.5 Å². The highest BCUT2D eigenvalue weighted by Gasteiger charge is 2.60. The number of esters is 2. The number of hydrogen-bond acceptors (Lipinski definition) is 7. The van der Waals surface area contributed by atoms with Gasteiger partial charge >= 0.3 is 11.9 Å². The second kappa shape index (κ2) is 10.8. The maximum atomic E-state index is 14.1. The maximum absolute atomic E-state index is 14.1. The molecular formula is C28H29ClN2O4S. The molecule has 0 bridgehead atoms. The largest absolute Gasteiger partial charge is 0.465 e. The third-order valence-corrected chi connectivity index (χ3v) is 7.84. The molecule has 0 fully saturated rings. The second-order valence-electron chi connectivity index (χ2n) is 8.58. The zero-order valence-electron chi connectivity index (χ0n) is 20.7. The van der Waals surface area contributed by atoms with Crippen molar-refractivity contribution in [3.8, 4) is 11.3 Å². The summed E-state index contributed by atoms with van der Waals surface area (Å²) in [7, 11) is 0. The number of benzene rings is 2. The quantitative estimate of drug-likeness (QED) is 0.389. The molecule has 0 aliphatic carbocycles. The van der Waals surface area contributed by atoms with Gasteiger partial charge in [0.15, 0.2) is 5.41 Å². The summed E-state index contributed by atoms with van der Waals surface area (Å²) in [5, 5.41) is 6.37. The van der Waals surface area contributed by atoms with E-state index in [9.17, 15) is 9.59 Å². The van der Waals surface area contributed by atoms with Crippen molar-refractivity contribution in [1.29, 1.82) is 0 Å². The smallest absolute Gasteiger partial charge is 0.336 e. The topological polar surface area (TPSA) is 77.5 Å². The summed E-state index contributed by atoms with van der Waals surface area (Å²) in [5.74, 6) is -1.61. The molecule has 3 atom stereocenters. The first-order valence-electron chi connectivity index (χ1n) is 11.9. The molecule has 0 amide bonds. The highest BCUT2D eigenvalue weighted by Crippen LogP contribution is 2.52. The van der Waals surface area contributed by atoms with Crippen LogP contribution in [-0.4, -0.2) is 36.2 Å². The number of rotatable bonds is 7. The van der Waals surface area contributed by atoms with E-state index in [-0.39, 0.29) is 13.2 Å². The SMILES string of the molecule is CCOC(=O)C1=C(C)NC(C)C(C(=O)OCC)(c2nc(-c3ccccc3Cl)cs2)C1c1ccccc1. The van der Waals surface area contributed by atoms with Crippen LogP contribution in [0.2, 0.25) is 5.02 Å². The number of nitrogens with one attached hydrogen (secondary N) is 1. The lowest BCUT2D eigenvalue weighted by atomic mass is 9.62. The summed E-state index contributed by atoms with van der Waals surface area (Å²) in [4.78, 5) is 32.4. The van der Waals surface area contributed by atoms with Gasteiger partial charge < -0.3 is 14.8 Å². The first-order valence-corrected chi connectivity index (χ1v) is 13.2. The van der Waals surface area contributed by atoms with Crippen LogP contribution in [0.4, 0.5) is 0 Å². The molecule has 0 saturated heterocycles. The standard InChI is InChI=1S/C28H29ClN2O4S/c1-5-34-25(32)23-17(3)30-18(4)28(27(33)35-6-2,24(23)19-12-8-7-9-13-19)26-31-22(16-36-26)20-14-10-11-15-21(20)29/h7-16,18,24,30H,5-6H2,1-4H3. The van der Waals surface area contributed by atoms with Gasteiger partial charge in [-0.3, -0.25) is 4.79 Å².